The molecular formula is C24H19FN4O4S. The maximum atomic E-state index is 14.0. The summed E-state index contributed by atoms with van der Waals surface area (Å²) >= 11 is 1.19. The topological polar surface area (TPSA) is 118 Å². The number of halogens is 1. The first kappa shape index (κ1) is 22.0. The molecule has 2 heterocycles. The Hall–Kier alpha value is -3.79. The summed E-state index contributed by atoms with van der Waals surface area (Å²) in [5, 5.41) is 14.8. The number of aromatic amines is 1. The van der Waals surface area contributed by atoms with Crippen LogP contribution in [0.15, 0.2) is 69.8 Å². The number of H-pyrrole nitrogens is 1. The number of carbonyl (C=O) groups is 1. The summed E-state index contributed by atoms with van der Waals surface area (Å²) < 4.78 is 14.0. The molecule has 8 nitrogen and oxygen atoms in total. The summed E-state index contributed by atoms with van der Waals surface area (Å²) in [5.41, 5.74) is 1.78. The first-order valence-corrected chi connectivity index (χ1v) is 11.7. The highest BCUT2D eigenvalue weighted by Gasteiger charge is 2.38. The van der Waals surface area contributed by atoms with Gasteiger partial charge in [0, 0.05) is 41.5 Å². The van der Waals surface area contributed by atoms with E-state index >= 15 is 0 Å². The number of non-ortho nitro benzene ring substituents is 1. The van der Waals surface area contributed by atoms with Crippen LogP contribution in [0.1, 0.15) is 41.9 Å². The minimum absolute atomic E-state index is 0.0895. The Balaban J connectivity index is 1.59. The largest absolute Gasteiger partial charge is 0.343 e. The lowest BCUT2D eigenvalue weighted by Crippen LogP contribution is -2.32. The van der Waals surface area contributed by atoms with Crippen molar-refractivity contribution in [2.75, 3.05) is 5.32 Å². The number of ketones is 1. The highest BCUT2D eigenvalue weighted by Crippen LogP contribution is 2.44. The first-order chi connectivity index (χ1) is 16.4. The smallest absolute Gasteiger partial charge is 0.269 e. The molecule has 3 aromatic rings. The van der Waals surface area contributed by atoms with Crippen molar-refractivity contribution in [3.8, 4) is 0 Å². The molecular weight excluding hydrogens is 459 g/mol. The molecule has 2 aliphatic rings. The van der Waals surface area contributed by atoms with Crippen LogP contribution >= 0.6 is 11.8 Å². The van der Waals surface area contributed by atoms with Gasteiger partial charge in [-0.1, -0.05) is 42.1 Å². The lowest BCUT2D eigenvalue weighted by atomic mass is 9.76. The molecule has 10 heteroatoms. The van der Waals surface area contributed by atoms with Crippen LogP contribution in [-0.2, 0) is 10.5 Å². The van der Waals surface area contributed by atoms with E-state index in [-0.39, 0.29) is 28.6 Å². The fourth-order valence-electron chi connectivity index (χ4n) is 4.42. The number of nitro benzene ring substituents is 1. The summed E-state index contributed by atoms with van der Waals surface area (Å²) in [6, 6.07) is 12.4. The van der Waals surface area contributed by atoms with Crippen LogP contribution in [0.2, 0.25) is 0 Å². The second kappa shape index (κ2) is 8.86. The van der Waals surface area contributed by atoms with Crippen molar-refractivity contribution in [3.05, 3.63) is 103 Å². The standard InChI is InChI=1S/C24H19FN4O4S/c25-16-8-2-1-5-14(16)12-34-24-27-22-21(23(31)28-24)19(13-6-3-7-15(11-13)29(32)33)20-17(26-22)9-4-10-18(20)30/h1-3,5-8,11,19H,4,9-10,12H2,(H2,26,27,28,31)/t19-/m1/s1. The maximum absolute atomic E-state index is 14.0. The fourth-order valence-corrected chi connectivity index (χ4v) is 5.27. The average molecular weight is 479 g/mol. The lowest BCUT2D eigenvalue weighted by Gasteiger charge is -2.32. The molecule has 1 aliphatic heterocycles. The Morgan fingerprint density at radius 3 is 2.76 bits per heavy atom. The molecule has 34 heavy (non-hydrogen) atoms. The van der Waals surface area contributed by atoms with E-state index in [1.165, 1.54) is 30.0 Å². The van der Waals surface area contributed by atoms with E-state index in [9.17, 15) is 24.1 Å². The molecule has 5 rings (SSSR count). The van der Waals surface area contributed by atoms with Crippen molar-refractivity contribution in [1.29, 1.82) is 0 Å². The van der Waals surface area contributed by atoms with Crippen LogP contribution in [-0.4, -0.2) is 20.7 Å². The van der Waals surface area contributed by atoms with Crippen molar-refractivity contribution >= 4 is 29.1 Å². The molecule has 0 bridgehead atoms. The van der Waals surface area contributed by atoms with Gasteiger partial charge in [0.25, 0.3) is 11.2 Å². The number of nitrogens with zero attached hydrogens (tertiary/aromatic N) is 2. The van der Waals surface area contributed by atoms with Crippen LogP contribution in [0.3, 0.4) is 0 Å². The molecule has 0 unspecified atom stereocenters. The zero-order valence-corrected chi connectivity index (χ0v) is 18.7. The first-order valence-electron chi connectivity index (χ1n) is 10.7. The highest BCUT2D eigenvalue weighted by atomic mass is 32.2. The third-order valence-electron chi connectivity index (χ3n) is 5.97. The van der Waals surface area contributed by atoms with Gasteiger partial charge in [0.1, 0.15) is 11.6 Å². The number of thioether (sulfide) groups is 1. The van der Waals surface area contributed by atoms with Crippen molar-refractivity contribution in [2.24, 2.45) is 0 Å². The van der Waals surface area contributed by atoms with Gasteiger partial charge in [0.05, 0.1) is 10.5 Å². The minimum Gasteiger partial charge on any atom is -0.343 e. The second-order valence-corrected chi connectivity index (χ2v) is 9.06. The van der Waals surface area contributed by atoms with Crippen molar-refractivity contribution < 1.29 is 14.1 Å². The molecule has 172 valence electrons. The van der Waals surface area contributed by atoms with E-state index in [0.717, 1.165) is 0 Å². The van der Waals surface area contributed by atoms with Crippen molar-refractivity contribution in [3.63, 3.8) is 0 Å². The third-order valence-corrected chi connectivity index (χ3v) is 6.90. The zero-order chi connectivity index (χ0) is 23.8. The van der Waals surface area contributed by atoms with E-state index < -0.39 is 16.4 Å². The van der Waals surface area contributed by atoms with Gasteiger partial charge in [-0.15, -0.1) is 0 Å². The van der Waals surface area contributed by atoms with Gasteiger partial charge in [-0.25, -0.2) is 9.37 Å². The quantitative estimate of drug-likeness (QED) is 0.237. The van der Waals surface area contributed by atoms with E-state index in [2.05, 4.69) is 15.3 Å². The van der Waals surface area contributed by atoms with E-state index in [1.54, 1.807) is 30.3 Å². The highest BCUT2D eigenvalue weighted by molar-refractivity contribution is 7.98. The summed E-state index contributed by atoms with van der Waals surface area (Å²) in [4.78, 5) is 44.3. The number of hydrogen-bond acceptors (Lipinski definition) is 7. The zero-order valence-electron chi connectivity index (χ0n) is 17.8. The van der Waals surface area contributed by atoms with E-state index in [0.29, 0.717) is 52.6 Å². The summed E-state index contributed by atoms with van der Waals surface area (Å²) in [6.07, 6.45) is 1.63. The van der Waals surface area contributed by atoms with Crippen LogP contribution < -0.4 is 10.9 Å². The number of benzene rings is 2. The van der Waals surface area contributed by atoms with E-state index in [1.807, 2.05) is 0 Å². The predicted molar refractivity (Wildman–Crippen MR) is 125 cm³/mol. The molecule has 0 saturated heterocycles. The van der Waals surface area contributed by atoms with Crippen LogP contribution in [0.4, 0.5) is 15.9 Å². The van der Waals surface area contributed by atoms with Gasteiger partial charge in [0.2, 0.25) is 0 Å². The van der Waals surface area contributed by atoms with Gasteiger partial charge in [-0.05, 0) is 30.0 Å². The number of allylic oxidation sites excluding steroid dienone is 2. The molecule has 0 spiro atoms. The summed E-state index contributed by atoms with van der Waals surface area (Å²) in [5.74, 6) is -0.608. The average Bonchev–Trinajstić information content (AvgIpc) is 2.82. The van der Waals surface area contributed by atoms with Gasteiger partial charge >= 0.3 is 0 Å². The number of Topliss-reactive ketones (excluding diaryl/α,β-unsaturated/α-hetero) is 1. The fraction of sp³-hybridized carbons (Fsp3) is 0.208. The summed E-state index contributed by atoms with van der Waals surface area (Å²) in [6.45, 7) is 0. The second-order valence-electron chi connectivity index (χ2n) is 8.09. The maximum Gasteiger partial charge on any atom is 0.269 e. The number of fused-ring (bicyclic) bond motifs is 1. The molecule has 1 atom stereocenters. The lowest BCUT2D eigenvalue weighted by molar-refractivity contribution is -0.384. The monoisotopic (exact) mass is 478 g/mol. The Bertz CT molecular complexity index is 1420. The van der Waals surface area contributed by atoms with Crippen LogP contribution in [0, 0.1) is 15.9 Å². The number of carbonyl (C=O) groups excluding carboxylic acids is 1. The molecule has 0 fully saturated rings. The van der Waals surface area contributed by atoms with Crippen LogP contribution in [0.25, 0.3) is 0 Å². The van der Waals surface area contributed by atoms with Gasteiger partial charge in [-0.3, -0.25) is 19.7 Å². The molecule has 0 saturated carbocycles. The minimum atomic E-state index is -0.763. The number of aromatic nitrogens is 2. The van der Waals surface area contributed by atoms with Gasteiger partial charge in [-0.2, -0.15) is 0 Å². The van der Waals surface area contributed by atoms with Crippen molar-refractivity contribution in [2.45, 2.75) is 36.1 Å². The number of nitro groups is 1. The van der Waals surface area contributed by atoms with Crippen LogP contribution in [0.5, 0.6) is 0 Å². The Morgan fingerprint density at radius 1 is 1.15 bits per heavy atom. The molecule has 1 aliphatic carbocycles. The summed E-state index contributed by atoms with van der Waals surface area (Å²) in [7, 11) is 0. The number of hydrogen-bond donors (Lipinski definition) is 2. The SMILES string of the molecule is O=C1CCCC2=C1[C@@H](c1cccc([N+](=O)[O-])c1)c1c(nc(SCc3ccccc3F)[nH]c1=O)N2. The molecule has 0 amide bonds. The Kier molecular flexibility index (Phi) is 5.74. The molecule has 2 aromatic carbocycles. The molecule has 0 radical (unpaired) electrons. The predicted octanol–water partition coefficient (Wildman–Crippen LogP) is 4.67. The molecule has 1 aromatic heterocycles. The molecule has 2 N–H and O–H groups in total. The Labute approximate surface area is 197 Å². The van der Waals surface area contributed by atoms with E-state index in [4.69, 9.17) is 0 Å². The van der Waals surface area contributed by atoms with Gasteiger partial charge in [0.15, 0.2) is 10.9 Å². The number of rotatable bonds is 5. The number of anilines is 1. The van der Waals surface area contributed by atoms with Crippen molar-refractivity contribution in [1.82, 2.24) is 9.97 Å². The Morgan fingerprint density at radius 2 is 1.97 bits per heavy atom. The number of nitrogens with one attached hydrogen (secondary N) is 2. The normalized spacial score (nSPS) is 17.1. The van der Waals surface area contributed by atoms with Gasteiger partial charge < -0.3 is 10.3 Å². The third kappa shape index (κ3) is 4.01.